The molecule has 0 saturated heterocycles. The number of nitrogens with two attached hydrogens (primary N) is 1. The highest BCUT2D eigenvalue weighted by atomic mass is 35.5. The topological polar surface area (TPSA) is 66.7 Å². The van der Waals surface area contributed by atoms with E-state index in [1.54, 1.807) is 18.2 Å². The van der Waals surface area contributed by atoms with Crippen LogP contribution in [0.2, 0.25) is 5.02 Å². The molecule has 0 aliphatic rings. The van der Waals surface area contributed by atoms with E-state index in [-0.39, 0.29) is 5.82 Å². The lowest BCUT2D eigenvalue weighted by molar-refractivity contribution is -0.141. The molecule has 4 N–H and O–H groups in total. The van der Waals surface area contributed by atoms with Gasteiger partial charge in [-0.1, -0.05) is 18.2 Å². The second-order valence-electron chi connectivity index (χ2n) is 4.01. The van der Waals surface area contributed by atoms with Crippen LogP contribution in [0, 0.1) is 0 Å². The maximum Gasteiger partial charge on any atom is 0.432 e. The minimum Gasteiger partial charge on any atom is -0.399 e. The van der Waals surface area contributed by atoms with Crippen LogP contribution >= 0.6 is 11.6 Å². The second-order valence-corrected chi connectivity index (χ2v) is 4.41. The van der Waals surface area contributed by atoms with Crippen molar-refractivity contribution < 1.29 is 13.2 Å². The van der Waals surface area contributed by atoms with Crippen molar-refractivity contribution >= 4 is 28.8 Å². The van der Waals surface area contributed by atoms with Gasteiger partial charge in [0, 0.05) is 23.0 Å². The van der Waals surface area contributed by atoms with Gasteiger partial charge in [0.2, 0.25) is 0 Å². The predicted octanol–water partition coefficient (Wildman–Crippen LogP) is 3.75. The fourth-order valence-corrected chi connectivity index (χ4v) is 1.76. The average molecular weight is 303 g/mol. The van der Waals surface area contributed by atoms with Crippen LogP contribution in [0.3, 0.4) is 0 Å². The van der Waals surface area contributed by atoms with Gasteiger partial charge in [-0.2, -0.15) is 18.3 Å². The molecule has 1 aromatic heterocycles. The molecule has 4 nitrogen and oxygen atoms in total. The molecule has 8 heteroatoms. The van der Waals surface area contributed by atoms with E-state index in [1.807, 2.05) is 5.10 Å². The number of aromatic amines is 1. The third-order valence-corrected chi connectivity index (χ3v) is 2.81. The van der Waals surface area contributed by atoms with E-state index in [0.29, 0.717) is 22.0 Å². The van der Waals surface area contributed by atoms with Gasteiger partial charge in [0.15, 0.2) is 5.82 Å². The largest absolute Gasteiger partial charge is 0.432 e. The first-order valence-electron chi connectivity index (χ1n) is 5.41. The SMILES string of the molecule is C=C(Nc1cc(C(F)(F)F)[nH]n1)c1cc(N)ccc1Cl. The summed E-state index contributed by atoms with van der Waals surface area (Å²) in [6.45, 7) is 3.71. The Labute approximate surface area is 117 Å². The van der Waals surface area contributed by atoms with Crippen LogP contribution in [0.5, 0.6) is 0 Å². The second kappa shape index (κ2) is 5.09. The monoisotopic (exact) mass is 302 g/mol. The van der Waals surface area contributed by atoms with Crippen molar-refractivity contribution in [2.24, 2.45) is 0 Å². The zero-order chi connectivity index (χ0) is 14.9. The third-order valence-electron chi connectivity index (χ3n) is 2.48. The molecule has 0 atom stereocenters. The molecule has 1 heterocycles. The van der Waals surface area contributed by atoms with E-state index < -0.39 is 11.9 Å². The summed E-state index contributed by atoms with van der Waals surface area (Å²) in [4.78, 5) is 0. The Bertz CT molecular complexity index is 648. The summed E-state index contributed by atoms with van der Waals surface area (Å²) in [5.41, 5.74) is 5.92. The zero-order valence-corrected chi connectivity index (χ0v) is 10.8. The van der Waals surface area contributed by atoms with Crippen molar-refractivity contribution in [1.29, 1.82) is 0 Å². The molecule has 0 unspecified atom stereocenters. The number of nitrogens with one attached hydrogen (secondary N) is 2. The van der Waals surface area contributed by atoms with E-state index in [1.165, 1.54) is 0 Å². The van der Waals surface area contributed by atoms with Crippen LogP contribution in [0.15, 0.2) is 30.8 Å². The zero-order valence-electron chi connectivity index (χ0n) is 10.1. The van der Waals surface area contributed by atoms with E-state index in [2.05, 4.69) is 17.0 Å². The quantitative estimate of drug-likeness (QED) is 0.757. The van der Waals surface area contributed by atoms with E-state index >= 15 is 0 Å². The Balaban J connectivity index is 2.20. The minimum absolute atomic E-state index is 0.0131. The fraction of sp³-hybridized carbons (Fsp3) is 0.0833. The average Bonchev–Trinajstić information content (AvgIpc) is 2.80. The lowest BCUT2D eigenvalue weighted by atomic mass is 10.1. The third kappa shape index (κ3) is 3.05. The Morgan fingerprint density at radius 1 is 1.35 bits per heavy atom. The Morgan fingerprint density at radius 2 is 2.05 bits per heavy atom. The number of anilines is 2. The first kappa shape index (κ1) is 14.3. The molecule has 2 rings (SSSR count). The molecule has 1 aromatic carbocycles. The molecular formula is C12H10ClF3N4. The number of nitrogen functional groups attached to an aromatic ring is 1. The number of benzene rings is 1. The summed E-state index contributed by atoms with van der Waals surface area (Å²) in [6, 6.07) is 5.58. The maximum atomic E-state index is 12.4. The first-order chi connectivity index (χ1) is 9.27. The number of hydrogen-bond acceptors (Lipinski definition) is 3. The van der Waals surface area contributed by atoms with Gasteiger partial charge in [0.1, 0.15) is 5.69 Å². The number of alkyl halides is 3. The van der Waals surface area contributed by atoms with Crippen LogP contribution in [-0.2, 0) is 6.18 Å². The summed E-state index contributed by atoms with van der Waals surface area (Å²) in [6.07, 6.45) is -4.48. The summed E-state index contributed by atoms with van der Waals surface area (Å²) >= 11 is 5.97. The molecule has 0 aliphatic heterocycles. The van der Waals surface area contributed by atoms with Crippen LogP contribution < -0.4 is 11.1 Å². The van der Waals surface area contributed by atoms with E-state index in [4.69, 9.17) is 17.3 Å². The van der Waals surface area contributed by atoms with Crippen molar-refractivity contribution in [2.75, 3.05) is 11.1 Å². The molecule has 0 aliphatic carbocycles. The highest BCUT2D eigenvalue weighted by molar-refractivity contribution is 6.32. The molecular weight excluding hydrogens is 293 g/mol. The minimum atomic E-state index is -4.48. The highest BCUT2D eigenvalue weighted by Gasteiger charge is 2.33. The number of aromatic nitrogens is 2. The molecule has 2 aromatic rings. The van der Waals surface area contributed by atoms with Gasteiger partial charge in [-0.25, -0.2) is 0 Å². The lowest BCUT2D eigenvalue weighted by Crippen LogP contribution is -2.04. The molecule has 0 amide bonds. The van der Waals surface area contributed by atoms with Gasteiger partial charge in [-0.3, -0.25) is 5.10 Å². The van der Waals surface area contributed by atoms with Crippen LogP contribution in [0.4, 0.5) is 24.7 Å². The van der Waals surface area contributed by atoms with Crippen LogP contribution in [-0.4, -0.2) is 10.2 Å². The standard InChI is InChI=1S/C12H10ClF3N4/c1-6(8-4-7(17)2-3-9(8)13)18-11-5-10(19-20-11)12(14,15)16/h2-5H,1,17H2,(H2,18,19,20). The van der Waals surface area contributed by atoms with Crippen molar-refractivity contribution in [2.45, 2.75) is 6.18 Å². The van der Waals surface area contributed by atoms with Gasteiger partial charge in [-0.15, -0.1) is 0 Å². The predicted molar refractivity (Wildman–Crippen MR) is 72.1 cm³/mol. The summed E-state index contributed by atoms with van der Waals surface area (Å²) in [7, 11) is 0. The highest BCUT2D eigenvalue weighted by Crippen LogP contribution is 2.30. The summed E-state index contributed by atoms with van der Waals surface area (Å²) in [5, 5.41) is 8.42. The summed E-state index contributed by atoms with van der Waals surface area (Å²) in [5.74, 6) is -0.0131. The van der Waals surface area contributed by atoms with Crippen LogP contribution in [0.1, 0.15) is 11.3 Å². The van der Waals surface area contributed by atoms with Gasteiger partial charge < -0.3 is 11.1 Å². The van der Waals surface area contributed by atoms with E-state index in [9.17, 15) is 13.2 Å². The lowest BCUT2D eigenvalue weighted by Gasteiger charge is -2.09. The molecule has 0 spiro atoms. The van der Waals surface area contributed by atoms with Crippen molar-refractivity contribution in [3.05, 3.63) is 47.1 Å². The van der Waals surface area contributed by atoms with Gasteiger partial charge in [0.25, 0.3) is 0 Å². The molecule has 0 saturated carbocycles. The molecule has 0 bridgehead atoms. The van der Waals surface area contributed by atoms with Gasteiger partial charge >= 0.3 is 6.18 Å². The van der Waals surface area contributed by atoms with Crippen molar-refractivity contribution in [3.63, 3.8) is 0 Å². The van der Waals surface area contributed by atoms with E-state index in [0.717, 1.165) is 6.07 Å². The molecule has 106 valence electrons. The number of nitrogens with zero attached hydrogens (tertiary/aromatic N) is 1. The van der Waals surface area contributed by atoms with Crippen molar-refractivity contribution in [1.82, 2.24) is 10.2 Å². The smallest absolute Gasteiger partial charge is 0.399 e. The number of rotatable bonds is 3. The number of hydrogen-bond donors (Lipinski definition) is 3. The number of H-pyrrole nitrogens is 1. The van der Waals surface area contributed by atoms with Crippen LogP contribution in [0.25, 0.3) is 5.70 Å². The van der Waals surface area contributed by atoms with Gasteiger partial charge in [0.05, 0.1) is 5.02 Å². The Kier molecular flexibility index (Phi) is 3.63. The summed E-state index contributed by atoms with van der Waals surface area (Å²) < 4.78 is 37.3. The Hall–Kier alpha value is -2.15. The normalized spacial score (nSPS) is 11.4. The van der Waals surface area contributed by atoms with Crippen molar-refractivity contribution in [3.8, 4) is 0 Å². The maximum absolute atomic E-state index is 12.4. The number of halogens is 4. The van der Waals surface area contributed by atoms with Gasteiger partial charge in [-0.05, 0) is 18.2 Å². The first-order valence-corrected chi connectivity index (χ1v) is 5.79. The Morgan fingerprint density at radius 3 is 2.65 bits per heavy atom. The fourth-order valence-electron chi connectivity index (χ4n) is 1.53. The molecule has 20 heavy (non-hydrogen) atoms. The molecule has 0 radical (unpaired) electrons. The molecule has 0 fully saturated rings.